The molecule has 6 heteroatoms. The van der Waals surface area contributed by atoms with Crippen molar-refractivity contribution < 1.29 is 4.74 Å². The maximum Gasteiger partial charge on any atom is 0.294 e. The molecule has 1 aromatic rings. The smallest absolute Gasteiger partial charge is 0.294 e. The first kappa shape index (κ1) is 11.4. The molecular formula is C8H16N4OS. The number of hydrogen-bond donors (Lipinski definition) is 1. The normalized spacial score (nSPS) is 10.9. The molecule has 0 aromatic carbocycles. The van der Waals surface area contributed by atoms with Crippen LogP contribution in [0, 0.1) is 0 Å². The van der Waals surface area contributed by atoms with Crippen LogP contribution in [0.4, 0.5) is 0 Å². The first-order valence-electron chi connectivity index (χ1n) is 4.47. The Bertz CT molecular complexity index is 264. The number of rotatable bonds is 6. The minimum Gasteiger partial charge on any atom is -0.468 e. The lowest BCUT2D eigenvalue weighted by atomic mass is 10.6. The molecule has 0 amide bonds. The molecule has 1 heterocycles. The molecule has 0 atom stereocenters. The third-order valence-electron chi connectivity index (χ3n) is 1.54. The van der Waals surface area contributed by atoms with Crippen LogP contribution < -0.4 is 10.1 Å². The minimum absolute atomic E-state index is 0.650. The number of nitrogens with one attached hydrogen (secondary N) is 1. The number of nitrogens with zero attached hydrogens (tertiary/aromatic N) is 3. The fraction of sp³-hybridized carbons (Fsp3) is 0.750. The Kier molecular flexibility index (Phi) is 4.78. The third kappa shape index (κ3) is 3.99. The highest BCUT2D eigenvalue weighted by Gasteiger charge is 2.03. The molecule has 1 aromatic heterocycles. The summed E-state index contributed by atoms with van der Waals surface area (Å²) in [5.74, 6) is 0. The van der Waals surface area contributed by atoms with Gasteiger partial charge in [0.1, 0.15) is 11.6 Å². The Morgan fingerprint density at radius 1 is 1.43 bits per heavy atom. The monoisotopic (exact) mass is 216 g/mol. The van der Waals surface area contributed by atoms with E-state index in [1.807, 2.05) is 21.1 Å². The van der Waals surface area contributed by atoms with Gasteiger partial charge in [0.25, 0.3) is 5.19 Å². The highest BCUT2D eigenvalue weighted by Crippen LogP contribution is 2.17. The average Bonchev–Trinajstić information content (AvgIpc) is 2.53. The SMILES string of the molecule is CNCc1nnc(OCCN(C)C)s1. The summed E-state index contributed by atoms with van der Waals surface area (Å²) in [5, 5.41) is 12.5. The molecule has 0 unspecified atom stereocenters. The molecule has 1 N–H and O–H groups in total. The van der Waals surface area contributed by atoms with E-state index in [4.69, 9.17) is 4.74 Å². The van der Waals surface area contributed by atoms with E-state index in [1.165, 1.54) is 11.3 Å². The predicted octanol–water partition coefficient (Wildman–Crippen LogP) is 0.198. The lowest BCUT2D eigenvalue weighted by Crippen LogP contribution is -2.19. The summed E-state index contributed by atoms with van der Waals surface area (Å²) in [4.78, 5) is 2.07. The van der Waals surface area contributed by atoms with Crippen molar-refractivity contribution in [2.75, 3.05) is 34.3 Å². The van der Waals surface area contributed by atoms with Gasteiger partial charge in [-0.1, -0.05) is 11.3 Å². The minimum atomic E-state index is 0.650. The van der Waals surface area contributed by atoms with Crippen molar-refractivity contribution in [3.8, 4) is 5.19 Å². The summed E-state index contributed by atoms with van der Waals surface area (Å²) < 4.78 is 5.42. The third-order valence-corrected chi connectivity index (χ3v) is 2.38. The van der Waals surface area contributed by atoms with Crippen molar-refractivity contribution in [3.63, 3.8) is 0 Å². The maximum atomic E-state index is 5.42. The van der Waals surface area contributed by atoms with Crippen LogP contribution in [0.2, 0.25) is 0 Å². The Hall–Kier alpha value is -0.720. The van der Waals surface area contributed by atoms with Crippen LogP contribution in [0.3, 0.4) is 0 Å². The fourth-order valence-corrected chi connectivity index (χ4v) is 1.56. The van der Waals surface area contributed by atoms with Gasteiger partial charge in [-0.3, -0.25) is 0 Å². The summed E-state index contributed by atoms with van der Waals surface area (Å²) in [5.41, 5.74) is 0. The van der Waals surface area contributed by atoms with Gasteiger partial charge in [-0.25, -0.2) is 0 Å². The summed E-state index contributed by atoms with van der Waals surface area (Å²) in [7, 11) is 5.90. The van der Waals surface area contributed by atoms with Crippen molar-refractivity contribution >= 4 is 11.3 Å². The Morgan fingerprint density at radius 3 is 2.86 bits per heavy atom. The predicted molar refractivity (Wildman–Crippen MR) is 56.7 cm³/mol. The van der Waals surface area contributed by atoms with Crippen LogP contribution in [0.25, 0.3) is 0 Å². The van der Waals surface area contributed by atoms with E-state index in [2.05, 4.69) is 20.4 Å². The summed E-state index contributed by atoms with van der Waals surface area (Å²) >= 11 is 1.48. The van der Waals surface area contributed by atoms with Gasteiger partial charge in [0.05, 0.1) is 0 Å². The molecule has 1 rings (SSSR count). The quantitative estimate of drug-likeness (QED) is 0.736. The van der Waals surface area contributed by atoms with Crippen LogP contribution in [0.15, 0.2) is 0 Å². The second kappa shape index (κ2) is 5.90. The first-order chi connectivity index (χ1) is 6.72. The molecule has 0 aliphatic heterocycles. The van der Waals surface area contributed by atoms with Crippen molar-refractivity contribution in [1.82, 2.24) is 20.4 Å². The van der Waals surface area contributed by atoms with Crippen molar-refractivity contribution in [2.24, 2.45) is 0 Å². The van der Waals surface area contributed by atoms with Crippen molar-refractivity contribution in [3.05, 3.63) is 5.01 Å². The van der Waals surface area contributed by atoms with Crippen molar-refractivity contribution in [1.29, 1.82) is 0 Å². The van der Waals surface area contributed by atoms with E-state index in [-0.39, 0.29) is 0 Å². The van der Waals surface area contributed by atoms with E-state index in [9.17, 15) is 0 Å². The van der Waals surface area contributed by atoms with Gasteiger partial charge in [0, 0.05) is 13.1 Å². The molecule has 0 aliphatic carbocycles. The molecule has 14 heavy (non-hydrogen) atoms. The zero-order valence-electron chi connectivity index (χ0n) is 8.78. The van der Waals surface area contributed by atoms with Crippen LogP contribution in [-0.2, 0) is 6.54 Å². The van der Waals surface area contributed by atoms with E-state index in [1.54, 1.807) is 0 Å². The lowest BCUT2D eigenvalue weighted by Gasteiger charge is -2.08. The summed E-state index contributed by atoms with van der Waals surface area (Å²) in [6.07, 6.45) is 0. The Morgan fingerprint density at radius 2 is 2.21 bits per heavy atom. The number of likely N-dealkylation sites (N-methyl/N-ethyl adjacent to an activating group) is 1. The topological polar surface area (TPSA) is 50.3 Å². The van der Waals surface area contributed by atoms with E-state index >= 15 is 0 Å². The van der Waals surface area contributed by atoms with Gasteiger partial charge in [-0.05, 0) is 21.1 Å². The molecule has 0 aliphatic rings. The van der Waals surface area contributed by atoms with E-state index in [0.29, 0.717) is 11.8 Å². The molecule has 0 saturated heterocycles. The van der Waals surface area contributed by atoms with E-state index < -0.39 is 0 Å². The van der Waals surface area contributed by atoms with Gasteiger partial charge in [0.15, 0.2) is 0 Å². The number of hydrogen-bond acceptors (Lipinski definition) is 6. The maximum absolute atomic E-state index is 5.42. The van der Waals surface area contributed by atoms with Crippen molar-refractivity contribution in [2.45, 2.75) is 6.54 Å². The zero-order valence-corrected chi connectivity index (χ0v) is 9.60. The largest absolute Gasteiger partial charge is 0.468 e. The van der Waals surface area contributed by atoms with E-state index in [0.717, 1.165) is 18.1 Å². The highest BCUT2D eigenvalue weighted by atomic mass is 32.1. The van der Waals surface area contributed by atoms with Gasteiger partial charge < -0.3 is 15.0 Å². The molecule has 0 bridgehead atoms. The van der Waals surface area contributed by atoms with Gasteiger partial charge >= 0.3 is 0 Å². The van der Waals surface area contributed by atoms with Gasteiger partial charge in [0.2, 0.25) is 0 Å². The van der Waals surface area contributed by atoms with Crippen LogP contribution in [-0.4, -0.2) is 49.4 Å². The average molecular weight is 216 g/mol. The molecule has 80 valence electrons. The second-order valence-corrected chi connectivity index (χ2v) is 4.17. The Labute approximate surface area is 88.1 Å². The molecular weight excluding hydrogens is 200 g/mol. The zero-order chi connectivity index (χ0) is 10.4. The second-order valence-electron chi connectivity index (χ2n) is 3.14. The van der Waals surface area contributed by atoms with Crippen LogP contribution in [0.5, 0.6) is 5.19 Å². The fourth-order valence-electron chi connectivity index (χ4n) is 0.835. The molecule has 0 fully saturated rings. The molecule has 5 nitrogen and oxygen atoms in total. The number of ether oxygens (including phenoxy) is 1. The first-order valence-corrected chi connectivity index (χ1v) is 5.28. The highest BCUT2D eigenvalue weighted by molar-refractivity contribution is 7.13. The standard InChI is InChI=1S/C8H16N4OS/c1-9-6-7-10-11-8(14-7)13-5-4-12(2)3/h9H,4-6H2,1-3H3. The number of aromatic nitrogens is 2. The molecule has 0 radical (unpaired) electrons. The lowest BCUT2D eigenvalue weighted by molar-refractivity contribution is 0.259. The Balaban J connectivity index is 2.28. The van der Waals surface area contributed by atoms with Crippen LogP contribution >= 0.6 is 11.3 Å². The van der Waals surface area contributed by atoms with Crippen LogP contribution in [0.1, 0.15) is 5.01 Å². The molecule has 0 spiro atoms. The summed E-state index contributed by atoms with van der Waals surface area (Å²) in [6.45, 7) is 2.29. The summed E-state index contributed by atoms with van der Waals surface area (Å²) in [6, 6.07) is 0. The van der Waals surface area contributed by atoms with Gasteiger partial charge in [-0.15, -0.1) is 10.2 Å². The molecule has 0 saturated carbocycles. The van der Waals surface area contributed by atoms with Gasteiger partial charge in [-0.2, -0.15) is 0 Å².